The third-order valence-corrected chi connectivity index (χ3v) is 2.99. The standard InChI is InChI=1S/C10H18N2/c1-8(2)9-4-3-7-12-10(9)5-6-11-12/h5,8-9,11H,3-4,6-7H2,1-2H3. The van der Waals surface area contributed by atoms with E-state index in [4.69, 9.17) is 0 Å². The van der Waals surface area contributed by atoms with Crippen LogP contribution in [-0.4, -0.2) is 18.1 Å². The number of nitrogens with zero attached hydrogens (tertiary/aromatic N) is 1. The Kier molecular flexibility index (Phi) is 2.09. The summed E-state index contributed by atoms with van der Waals surface area (Å²) in [6.07, 6.45) is 5.07. The average molecular weight is 166 g/mol. The van der Waals surface area contributed by atoms with Crippen LogP contribution in [-0.2, 0) is 0 Å². The number of hydrogen-bond acceptors (Lipinski definition) is 2. The van der Waals surface area contributed by atoms with Gasteiger partial charge in [0.15, 0.2) is 0 Å². The minimum atomic E-state index is 0.791. The largest absolute Gasteiger partial charge is 0.312 e. The van der Waals surface area contributed by atoms with Gasteiger partial charge in [-0.25, -0.2) is 5.43 Å². The molecule has 1 fully saturated rings. The van der Waals surface area contributed by atoms with E-state index in [9.17, 15) is 0 Å². The molecule has 1 unspecified atom stereocenters. The van der Waals surface area contributed by atoms with Crippen molar-refractivity contribution in [1.82, 2.24) is 10.4 Å². The van der Waals surface area contributed by atoms with Gasteiger partial charge in [0.1, 0.15) is 0 Å². The Bertz CT molecular complexity index is 196. The third kappa shape index (κ3) is 1.24. The maximum absolute atomic E-state index is 3.38. The van der Waals surface area contributed by atoms with Crippen molar-refractivity contribution in [3.05, 3.63) is 11.8 Å². The molecular weight excluding hydrogens is 148 g/mol. The van der Waals surface area contributed by atoms with E-state index in [1.165, 1.54) is 19.4 Å². The fourth-order valence-electron chi connectivity index (χ4n) is 2.31. The lowest BCUT2D eigenvalue weighted by Gasteiger charge is -2.35. The minimum Gasteiger partial charge on any atom is -0.312 e. The lowest BCUT2D eigenvalue weighted by atomic mass is 9.85. The van der Waals surface area contributed by atoms with Crippen LogP contribution in [0.5, 0.6) is 0 Å². The van der Waals surface area contributed by atoms with Gasteiger partial charge in [0, 0.05) is 24.7 Å². The Hall–Kier alpha value is -0.500. The van der Waals surface area contributed by atoms with Gasteiger partial charge in [-0.05, 0) is 24.8 Å². The molecule has 12 heavy (non-hydrogen) atoms. The van der Waals surface area contributed by atoms with Crippen molar-refractivity contribution in [2.75, 3.05) is 13.1 Å². The lowest BCUT2D eigenvalue weighted by molar-refractivity contribution is 0.179. The second kappa shape index (κ2) is 3.09. The summed E-state index contributed by atoms with van der Waals surface area (Å²) in [6.45, 7) is 6.90. The minimum absolute atomic E-state index is 0.791. The summed E-state index contributed by atoms with van der Waals surface area (Å²) in [5.74, 6) is 1.59. The van der Waals surface area contributed by atoms with Gasteiger partial charge in [0.2, 0.25) is 0 Å². The van der Waals surface area contributed by atoms with E-state index in [1.54, 1.807) is 5.70 Å². The molecule has 0 amide bonds. The molecule has 0 aromatic carbocycles. The molecule has 0 spiro atoms. The highest BCUT2D eigenvalue weighted by atomic mass is 15.5. The number of allylic oxidation sites excluding steroid dienone is 1. The highest BCUT2D eigenvalue weighted by Gasteiger charge is 2.29. The predicted octanol–water partition coefficient (Wildman–Crippen LogP) is 1.76. The molecule has 2 aliphatic rings. The monoisotopic (exact) mass is 166 g/mol. The van der Waals surface area contributed by atoms with Crippen LogP contribution >= 0.6 is 0 Å². The second-order valence-electron chi connectivity index (χ2n) is 4.14. The van der Waals surface area contributed by atoms with Crippen LogP contribution in [0.25, 0.3) is 0 Å². The zero-order valence-corrected chi connectivity index (χ0v) is 8.01. The Morgan fingerprint density at radius 2 is 2.42 bits per heavy atom. The summed E-state index contributed by atoms with van der Waals surface area (Å²) in [5.41, 5.74) is 4.94. The van der Waals surface area contributed by atoms with Crippen molar-refractivity contribution < 1.29 is 0 Å². The van der Waals surface area contributed by atoms with E-state index < -0.39 is 0 Å². The van der Waals surface area contributed by atoms with Gasteiger partial charge >= 0.3 is 0 Å². The summed E-state index contributed by atoms with van der Waals surface area (Å²) in [6, 6.07) is 0. The quantitative estimate of drug-likeness (QED) is 0.638. The molecule has 0 aromatic rings. The Balaban J connectivity index is 2.13. The third-order valence-electron chi connectivity index (χ3n) is 2.99. The molecule has 0 aliphatic carbocycles. The van der Waals surface area contributed by atoms with E-state index in [1.807, 2.05) is 0 Å². The van der Waals surface area contributed by atoms with Crippen molar-refractivity contribution in [2.24, 2.45) is 11.8 Å². The molecule has 2 heteroatoms. The number of hydrogen-bond donors (Lipinski definition) is 1. The van der Waals surface area contributed by atoms with Gasteiger partial charge in [-0.2, -0.15) is 0 Å². The molecule has 1 saturated heterocycles. The normalized spacial score (nSPS) is 29.1. The van der Waals surface area contributed by atoms with Crippen LogP contribution in [0.15, 0.2) is 11.8 Å². The van der Waals surface area contributed by atoms with E-state index in [0.717, 1.165) is 18.4 Å². The molecule has 0 saturated carbocycles. The molecular formula is C10H18N2. The summed E-state index contributed by atoms with van der Waals surface area (Å²) in [7, 11) is 0. The first-order valence-corrected chi connectivity index (χ1v) is 5.00. The summed E-state index contributed by atoms with van der Waals surface area (Å²) >= 11 is 0. The van der Waals surface area contributed by atoms with E-state index in [0.29, 0.717) is 0 Å². The van der Waals surface area contributed by atoms with Crippen molar-refractivity contribution in [2.45, 2.75) is 26.7 Å². The molecule has 2 aliphatic heterocycles. The first-order chi connectivity index (χ1) is 5.79. The van der Waals surface area contributed by atoms with Crippen molar-refractivity contribution in [1.29, 1.82) is 0 Å². The smallest absolute Gasteiger partial charge is 0.0351 e. The zero-order valence-electron chi connectivity index (χ0n) is 8.01. The SMILES string of the molecule is CC(C)C1CCCN2NCC=C12. The zero-order chi connectivity index (χ0) is 8.55. The fourth-order valence-corrected chi connectivity index (χ4v) is 2.31. The molecule has 2 heterocycles. The number of fused-ring (bicyclic) bond motifs is 1. The topological polar surface area (TPSA) is 15.3 Å². The molecule has 68 valence electrons. The molecule has 0 aromatic heterocycles. The molecule has 2 nitrogen and oxygen atoms in total. The highest BCUT2D eigenvalue weighted by molar-refractivity contribution is 5.13. The Labute approximate surface area is 74.6 Å². The molecule has 1 atom stereocenters. The van der Waals surface area contributed by atoms with Gasteiger partial charge in [-0.3, -0.25) is 0 Å². The molecule has 1 N–H and O–H groups in total. The van der Waals surface area contributed by atoms with Crippen molar-refractivity contribution in [3.63, 3.8) is 0 Å². The van der Waals surface area contributed by atoms with Crippen LogP contribution in [0.3, 0.4) is 0 Å². The fraction of sp³-hybridized carbons (Fsp3) is 0.800. The summed E-state index contributed by atoms with van der Waals surface area (Å²) in [5, 5.41) is 2.34. The van der Waals surface area contributed by atoms with Crippen LogP contribution in [0.1, 0.15) is 26.7 Å². The molecule has 2 rings (SSSR count). The van der Waals surface area contributed by atoms with E-state index in [2.05, 4.69) is 30.4 Å². The van der Waals surface area contributed by atoms with Gasteiger partial charge in [-0.1, -0.05) is 13.8 Å². The van der Waals surface area contributed by atoms with E-state index in [-0.39, 0.29) is 0 Å². The van der Waals surface area contributed by atoms with Crippen LogP contribution < -0.4 is 5.43 Å². The first kappa shape index (κ1) is 8.11. The van der Waals surface area contributed by atoms with Gasteiger partial charge in [0.25, 0.3) is 0 Å². The summed E-state index contributed by atoms with van der Waals surface area (Å²) < 4.78 is 0. The van der Waals surface area contributed by atoms with Crippen LogP contribution in [0.2, 0.25) is 0 Å². The maximum Gasteiger partial charge on any atom is 0.0351 e. The van der Waals surface area contributed by atoms with E-state index >= 15 is 0 Å². The summed E-state index contributed by atoms with van der Waals surface area (Å²) in [4.78, 5) is 0. The number of hydrazine groups is 1. The van der Waals surface area contributed by atoms with Gasteiger partial charge < -0.3 is 5.01 Å². The number of rotatable bonds is 1. The maximum atomic E-state index is 3.38. The van der Waals surface area contributed by atoms with Gasteiger partial charge in [-0.15, -0.1) is 0 Å². The van der Waals surface area contributed by atoms with Crippen molar-refractivity contribution >= 4 is 0 Å². The number of piperidine rings is 1. The molecule has 0 radical (unpaired) electrons. The van der Waals surface area contributed by atoms with Gasteiger partial charge in [0.05, 0.1) is 0 Å². The Morgan fingerprint density at radius 1 is 1.58 bits per heavy atom. The first-order valence-electron chi connectivity index (χ1n) is 5.00. The van der Waals surface area contributed by atoms with Crippen LogP contribution in [0, 0.1) is 11.8 Å². The Morgan fingerprint density at radius 3 is 3.17 bits per heavy atom. The molecule has 0 bridgehead atoms. The predicted molar refractivity (Wildman–Crippen MR) is 50.4 cm³/mol. The number of nitrogens with one attached hydrogen (secondary N) is 1. The van der Waals surface area contributed by atoms with Crippen LogP contribution in [0.4, 0.5) is 0 Å². The lowest BCUT2D eigenvalue weighted by Crippen LogP contribution is -2.39. The van der Waals surface area contributed by atoms with Crippen molar-refractivity contribution in [3.8, 4) is 0 Å². The highest BCUT2D eigenvalue weighted by Crippen LogP contribution is 2.32. The average Bonchev–Trinajstić information content (AvgIpc) is 2.49. The second-order valence-corrected chi connectivity index (χ2v) is 4.14.